The number of hydrogen-bond donors (Lipinski definition) is 0. The molecule has 0 fully saturated rings. The molecule has 2 nitrogen and oxygen atoms in total. The van der Waals surface area contributed by atoms with Crippen molar-refractivity contribution in [2.24, 2.45) is 0 Å². The Morgan fingerprint density at radius 1 is 1.31 bits per heavy atom. The minimum absolute atomic E-state index is 0.0811. The Morgan fingerprint density at radius 3 is 2.38 bits per heavy atom. The van der Waals surface area contributed by atoms with Gasteiger partial charge in [-0.15, -0.1) is 11.6 Å². The Balaban J connectivity index is 2.90. The predicted molar refractivity (Wildman–Crippen MR) is 68.0 cm³/mol. The first-order valence-electron chi connectivity index (χ1n) is 5.10. The third-order valence-electron chi connectivity index (χ3n) is 2.62. The molecule has 2 atom stereocenters. The Hall–Kier alpha value is -0.730. The van der Waals surface area contributed by atoms with Crippen molar-refractivity contribution < 1.29 is 4.79 Å². The molecule has 4 heteroatoms. The minimum atomic E-state index is -0.519. The molecular formula is C12H15Cl2NO. The molecule has 0 bridgehead atoms. The molecule has 2 unspecified atom stereocenters. The SMILES string of the molecule is CC(Cl)C(=O)N(C)C(C)c1ccccc1Cl. The van der Waals surface area contributed by atoms with Gasteiger partial charge in [-0.3, -0.25) is 4.79 Å². The molecule has 1 rings (SSSR count). The predicted octanol–water partition coefficient (Wildman–Crippen LogP) is 3.49. The standard InChI is InChI=1S/C12H15Cl2NO/c1-8(13)12(16)15(3)9(2)10-6-4-5-7-11(10)14/h4-9H,1-3H3. The zero-order valence-electron chi connectivity index (χ0n) is 9.58. The number of nitrogens with zero attached hydrogens (tertiary/aromatic N) is 1. The van der Waals surface area contributed by atoms with Gasteiger partial charge in [0, 0.05) is 12.1 Å². The second-order valence-corrected chi connectivity index (χ2v) is 4.82. The fraction of sp³-hybridized carbons (Fsp3) is 0.417. The van der Waals surface area contributed by atoms with Gasteiger partial charge in [0.15, 0.2) is 0 Å². The number of amides is 1. The number of alkyl halides is 1. The fourth-order valence-corrected chi connectivity index (χ4v) is 1.94. The van der Waals surface area contributed by atoms with Gasteiger partial charge in [-0.05, 0) is 25.5 Å². The van der Waals surface area contributed by atoms with E-state index in [1.165, 1.54) is 0 Å². The normalized spacial score (nSPS) is 14.3. The number of halogens is 2. The van der Waals surface area contributed by atoms with Crippen molar-refractivity contribution in [1.29, 1.82) is 0 Å². The van der Waals surface area contributed by atoms with Crippen LogP contribution in [0.3, 0.4) is 0 Å². The van der Waals surface area contributed by atoms with Crippen LogP contribution in [0.15, 0.2) is 24.3 Å². The summed E-state index contributed by atoms with van der Waals surface area (Å²) in [6.07, 6.45) is 0. The number of carbonyl (C=O) groups is 1. The highest BCUT2D eigenvalue weighted by Crippen LogP contribution is 2.26. The first-order chi connectivity index (χ1) is 7.45. The molecule has 0 N–H and O–H groups in total. The monoisotopic (exact) mass is 259 g/mol. The molecule has 0 radical (unpaired) electrons. The Bertz CT molecular complexity index is 379. The van der Waals surface area contributed by atoms with Crippen LogP contribution in [0.1, 0.15) is 25.5 Å². The lowest BCUT2D eigenvalue weighted by Gasteiger charge is -2.27. The maximum atomic E-state index is 11.7. The van der Waals surface area contributed by atoms with Gasteiger partial charge in [-0.1, -0.05) is 29.8 Å². The van der Waals surface area contributed by atoms with E-state index in [0.717, 1.165) is 5.56 Å². The summed E-state index contributed by atoms with van der Waals surface area (Å²) in [6.45, 7) is 3.60. The van der Waals surface area contributed by atoms with E-state index < -0.39 is 5.38 Å². The van der Waals surface area contributed by atoms with Gasteiger partial charge in [0.1, 0.15) is 5.38 Å². The zero-order valence-corrected chi connectivity index (χ0v) is 11.1. The second-order valence-electron chi connectivity index (χ2n) is 3.76. The smallest absolute Gasteiger partial charge is 0.240 e. The molecule has 0 saturated carbocycles. The van der Waals surface area contributed by atoms with Crippen LogP contribution in [0.4, 0.5) is 0 Å². The quantitative estimate of drug-likeness (QED) is 0.762. The topological polar surface area (TPSA) is 20.3 Å². The van der Waals surface area contributed by atoms with Gasteiger partial charge in [-0.25, -0.2) is 0 Å². The molecule has 0 aliphatic rings. The highest BCUT2D eigenvalue weighted by Gasteiger charge is 2.22. The van der Waals surface area contributed by atoms with Crippen LogP contribution in [0, 0.1) is 0 Å². The van der Waals surface area contributed by atoms with Crippen LogP contribution < -0.4 is 0 Å². The molecule has 1 aromatic rings. The van der Waals surface area contributed by atoms with E-state index in [9.17, 15) is 4.79 Å². The van der Waals surface area contributed by atoms with E-state index in [1.54, 1.807) is 18.9 Å². The number of benzene rings is 1. The van der Waals surface area contributed by atoms with E-state index in [-0.39, 0.29) is 11.9 Å². The van der Waals surface area contributed by atoms with Crippen molar-refractivity contribution in [1.82, 2.24) is 4.90 Å². The van der Waals surface area contributed by atoms with Crippen molar-refractivity contribution in [2.45, 2.75) is 25.3 Å². The Labute approximate surface area is 106 Å². The molecular weight excluding hydrogens is 245 g/mol. The summed E-state index contributed by atoms with van der Waals surface area (Å²) in [5.74, 6) is -0.103. The Morgan fingerprint density at radius 2 is 1.88 bits per heavy atom. The minimum Gasteiger partial charge on any atom is -0.338 e. The van der Waals surface area contributed by atoms with Gasteiger partial charge >= 0.3 is 0 Å². The molecule has 0 aliphatic heterocycles. The maximum absolute atomic E-state index is 11.7. The summed E-state index contributed by atoms with van der Waals surface area (Å²) in [6, 6.07) is 7.42. The maximum Gasteiger partial charge on any atom is 0.240 e. The first-order valence-corrected chi connectivity index (χ1v) is 5.91. The number of carbonyl (C=O) groups excluding carboxylic acids is 1. The van der Waals surface area contributed by atoms with E-state index in [4.69, 9.17) is 23.2 Å². The van der Waals surface area contributed by atoms with Gasteiger partial charge < -0.3 is 4.90 Å². The van der Waals surface area contributed by atoms with Gasteiger partial charge in [0.25, 0.3) is 0 Å². The summed E-state index contributed by atoms with van der Waals surface area (Å²) in [4.78, 5) is 13.3. The summed E-state index contributed by atoms with van der Waals surface area (Å²) in [5.41, 5.74) is 0.928. The molecule has 0 aromatic heterocycles. The van der Waals surface area contributed by atoms with Crippen molar-refractivity contribution in [3.8, 4) is 0 Å². The van der Waals surface area contributed by atoms with Crippen molar-refractivity contribution >= 4 is 29.1 Å². The number of hydrogen-bond acceptors (Lipinski definition) is 1. The van der Waals surface area contributed by atoms with Crippen molar-refractivity contribution in [2.75, 3.05) is 7.05 Å². The highest BCUT2D eigenvalue weighted by molar-refractivity contribution is 6.31. The van der Waals surface area contributed by atoms with Crippen molar-refractivity contribution in [3.05, 3.63) is 34.9 Å². The van der Waals surface area contributed by atoms with Crippen molar-refractivity contribution in [3.63, 3.8) is 0 Å². The van der Waals surface area contributed by atoms with Crippen LogP contribution >= 0.6 is 23.2 Å². The van der Waals surface area contributed by atoms with Crippen LogP contribution in [0.2, 0.25) is 5.02 Å². The van der Waals surface area contributed by atoms with Crippen LogP contribution in [-0.2, 0) is 4.79 Å². The summed E-state index contributed by atoms with van der Waals surface area (Å²) >= 11 is 11.8. The van der Waals surface area contributed by atoms with Gasteiger partial charge in [-0.2, -0.15) is 0 Å². The van der Waals surface area contributed by atoms with E-state index in [2.05, 4.69) is 0 Å². The second kappa shape index (κ2) is 5.55. The molecule has 0 saturated heterocycles. The lowest BCUT2D eigenvalue weighted by molar-refractivity contribution is -0.131. The summed E-state index contributed by atoms with van der Waals surface area (Å²) in [7, 11) is 1.73. The van der Waals surface area contributed by atoms with Gasteiger partial charge in [0.05, 0.1) is 6.04 Å². The summed E-state index contributed by atoms with van der Waals surface area (Å²) in [5, 5.41) is 0.145. The molecule has 1 amide bonds. The molecule has 16 heavy (non-hydrogen) atoms. The average Bonchev–Trinajstić information content (AvgIpc) is 2.26. The lowest BCUT2D eigenvalue weighted by Crippen LogP contribution is -2.34. The number of rotatable bonds is 3. The fourth-order valence-electron chi connectivity index (χ4n) is 1.49. The molecule has 1 aromatic carbocycles. The van der Waals surface area contributed by atoms with Gasteiger partial charge in [0.2, 0.25) is 5.91 Å². The van der Waals surface area contributed by atoms with Crippen LogP contribution in [0.25, 0.3) is 0 Å². The lowest BCUT2D eigenvalue weighted by atomic mass is 10.1. The Kier molecular flexibility index (Phi) is 4.63. The molecule has 0 aliphatic carbocycles. The first kappa shape index (κ1) is 13.3. The largest absolute Gasteiger partial charge is 0.338 e. The third kappa shape index (κ3) is 2.89. The van der Waals surface area contributed by atoms with E-state index in [0.29, 0.717) is 5.02 Å². The summed E-state index contributed by atoms with van der Waals surface area (Å²) < 4.78 is 0. The average molecular weight is 260 g/mol. The molecule has 0 heterocycles. The third-order valence-corrected chi connectivity index (χ3v) is 3.16. The van der Waals surface area contributed by atoms with E-state index >= 15 is 0 Å². The van der Waals surface area contributed by atoms with Crippen LogP contribution in [-0.4, -0.2) is 23.2 Å². The van der Waals surface area contributed by atoms with E-state index in [1.807, 2.05) is 31.2 Å². The van der Waals surface area contributed by atoms with Crippen LogP contribution in [0.5, 0.6) is 0 Å². The molecule has 0 spiro atoms. The zero-order chi connectivity index (χ0) is 12.3. The highest BCUT2D eigenvalue weighted by atomic mass is 35.5. The molecule has 88 valence electrons.